The minimum absolute atomic E-state index is 0.00615. The molecule has 0 atom stereocenters. The van der Waals surface area contributed by atoms with E-state index in [4.69, 9.17) is 4.74 Å². The van der Waals surface area contributed by atoms with E-state index >= 15 is 0 Å². The number of methoxy groups -OCH3 is 1. The summed E-state index contributed by atoms with van der Waals surface area (Å²) in [7, 11) is 1.65. The third-order valence-electron chi connectivity index (χ3n) is 2.65. The molecule has 0 fully saturated rings. The van der Waals surface area contributed by atoms with Crippen LogP contribution < -0.4 is 0 Å². The van der Waals surface area contributed by atoms with Crippen molar-refractivity contribution in [3.63, 3.8) is 0 Å². The van der Waals surface area contributed by atoms with Crippen LogP contribution in [-0.4, -0.2) is 24.4 Å². The van der Waals surface area contributed by atoms with E-state index in [0.717, 1.165) is 19.3 Å². The number of ketones is 1. The molecule has 0 aliphatic heterocycles. The predicted octanol–water partition coefficient (Wildman–Crippen LogP) is 2.98. The normalized spacial score (nSPS) is 10.3. The van der Waals surface area contributed by atoms with Gasteiger partial charge in [0.25, 0.3) is 5.69 Å². The molecule has 5 nitrogen and oxygen atoms in total. The lowest BCUT2D eigenvalue weighted by Gasteiger charge is -2.01. The van der Waals surface area contributed by atoms with Crippen molar-refractivity contribution in [3.8, 4) is 0 Å². The molecule has 98 valence electrons. The molecule has 0 bridgehead atoms. The second-order valence-corrected chi connectivity index (χ2v) is 4.03. The number of hydrogen-bond acceptors (Lipinski definition) is 4. The highest BCUT2D eigenvalue weighted by Crippen LogP contribution is 2.14. The molecule has 0 aliphatic carbocycles. The van der Waals surface area contributed by atoms with Crippen molar-refractivity contribution in [2.75, 3.05) is 13.7 Å². The molecule has 1 rings (SSSR count). The van der Waals surface area contributed by atoms with Crippen molar-refractivity contribution in [1.29, 1.82) is 0 Å². The lowest BCUT2D eigenvalue weighted by atomic mass is 10.0. The summed E-state index contributed by atoms with van der Waals surface area (Å²) in [5.41, 5.74) is 0.541. The average Bonchev–Trinajstić information content (AvgIpc) is 2.38. The van der Waals surface area contributed by atoms with E-state index in [1.165, 1.54) is 24.3 Å². The van der Waals surface area contributed by atoms with Crippen LogP contribution in [0.4, 0.5) is 5.69 Å². The average molecular weight is 251 g/mol. The van der Waals surface area contributed by atoms with Gasteiger partial charge in [-0.3, -0.25) is 14.9 Å². The first-order valence-electron chi connectivity index (χ1n) is 5.91. The smallest absolute Gasteiger partial charge is 0.269 e. The van der Waals surface area contributed by atoms with Crippen LogP contribution in [0.25, 0.3) is 0 Å². The molecule has 0 spiro atoms. The number of non-ortho nitro benzene ring substituents is 1. The maximum atomic E-state index is 11.8. The second kappa shape index (κ2) is 7.55. The zero-order valence-electron chi connectivity index (χ0n) is 10.4. The van der Waals surface area contributed by atoms with Gasteiger partial charge in [0.2, 0.25) is 0 Å². The van der Waals surface area contributed by atoms with Crippen LogP contribution in [0.15, 0.2) is 24.3 Å². The zero-order chi connectivity index (χ0) is 13.4. The molecule has 18 heavy (non-hydrogen) atoms. The molecule has 5 heteroatoms. The van der Waals surface area contributed by atoms with Crippen molar-refractivity contribution in [3.05, 3.63) is 39.9 Å². The molecule has 0 saturated carbocycles. The number of rotatable bonds is 8. The van der Waals surface area contributed by atoms with Crippen LogP contribution in [0.2, 0.25) is 0 Å². The first-order chi connectivity index (χ1) is 8.65. The largest absolute Gasteiger partial charge is 0.385 e. The summed E-state index contributed by atoms with van der Waals surface area (Å²) in [6, 6.07) is 5.74. The Labute approximate surface area is 106 Å². The topological polar surface area (TPSA) is 69.4 Å². The number of hydrogen-bond donors (Lipinski definition) is 0. The summed E-state index contributed by atoms with van der Waals surface area (Å²) in [6.45, 7) is 0.714. The first-order valence-corrected chi connectivity index (χ1v) is 5.91. The predicted molar refractivity (Wildman–Crippen MR) is 67.8 cm³/mol. The number of nitro benzene ring substituents is 1. The number of Topliss-reactive ketones (excluding diaryl/α,β-unsaturated/α-hetero) is 1. The lowest BCUT2D eigenvalue weighted by Crippen LogP contribution is -2.00. The Morgan fingerprint density at radius 2 is 1.89 bits per heavy atom. The van der Waals surface area contributed by atoms with Crippen molar-refractivity contribution in [2.24, 2.45) is 0 Å². The summed E-state index contributed by atoms with van der Waals surface area (Å²) in [6.07, 6.45) is 3.19. The van der Waals surface area contributed by atoms with E-state index in [9.17, 15) is 14.9 Å². The standard InChI is InChI=1S/C13H17NO4/c1-18-10-4-2-3-5-13(15)11-6-8-12(9-7-11)14(16)17/h6-9H,2-5,10H2,1H3. The number of benzene rings is 1. The van der Waals surface area contributed by atoms with E-state index in [0.29, 0.717) is 18.6 Å². The fourth-order valence-electron chi connectivity index (χ4n) is 1.62. The Morgan fingerprint density at radius 3 is 2.44 bits per heavy atom. The molecule has 1 aromatic rings. The van der Waals surface area contributed by atoms with Gasteiger partial charge in [-0.15, -0.1) is 0 Å². The summed E-state index contributed by atoms with van der Waals surface area (Å²) in [5.74, 6) is 0.0299. The second-order valence-electron chi connectivity index (χ2n) is 4.03. The van der Waals surface area contributed by atoms with Gasteiger partial charge in [-0.25, -0.2) is 0 Å². The molecule has 0 amide bonds. The lowest BCUT2D eigenvalue weighted by molar-refractivity contribution is -0.384. The molecule has 0 aromatic heterocycles. The van der Waals surface area contributed by atoms with Gasteiger partial charge in [0.15, 0.2) is 5.78 Å². The highest BCUT2D eigenvalue weighted by molar-refractivity contribution is 5.96. The molecular weight excluding hydrogens is 234 g/mol. The molecule has 0 radical (unpaired) electrons. The molecule has 0 unspecified atom stereocenters. The SMILES string of the molecule is COCCCCCC(=O)c1ccc([N+](=O)[O-])cc1. The minimum atomic E-state index is -0.473. The molecule has 1 aromatic carbocycles. The van der Waals surface area contributed by atoms with Gasteiger partial charge in [-0.2, -0.15) is 0 Å². The number of nitrogens with zero attached hydrogens (tertiary/aromatic N) is 1. The molecule has 0 N–H and O–H groups in total. The number of nitro groups is 1. The summed E-state index contributed by atoms with van der Waals surface area (Å²) < 4.78 is 4.92. The molecule has 0 saturated heterocycles. The summed E-state index contributed by atoms with van der Waals surface area (Å²) in [5, 5.41) is 10.5. The Morgan fingerprint density at radius 1 is 1.22 bits per heavy atom. The van der Waals surface area contributed by atoms with E-state index in [1.807, 2.05) is 0 Å². The van der Waals surface area contributed by atoms with Gasteiger partial charge in [-0.1, -0.05) is 6.42 Å². The quantitative estimate of drug-likeness (QED) is 0.308. The van der Waals surface area contributed by atoms with E-state index < -0.39 is 4.92 Å². The maximum absolute atomic E-state index is 11.8. The molecule has 0 aliphatic rings. The van der Waals surface area contributed by atoms with Crippen molar-refractivity contribution in [1.82, 2.24) is 0 Å². The number of ether oxygens (including phenoxy) is 1. The fourth-order valence-corrected chi connectivity index (χ4v) is 1.62. The number of carbonyl (C=O) groups excluding carboxylic acids is 1. The number of carbonyl (C=O) groups is 1. The third-order valence-corrected chi connectivity index (χ3v) is 2.65. The Balaban J connectivity index is 2.39. The summed E-state index contributed by atoms with van der Waals surface area (Å²) in [4.78, 5) is 21.7. The van der Waals surface area contributed by atoms with E-state index in [1.54, 1.807) is 7.11 Å². The highest BCUT2D eigenvalue weighted by Gasteiger charge is 2.08. The van der Waals surface area contributed by atoms with Crippen LogP contribution >= 0.6 is 0 Å². The van der Waals surface area contributed by atoms with Crippen LogP contribution in [0, 0.1) is 10.1 Å². The fraction of sp³-hybridized carbons (Fsp3) is 0.462. The van der Waals surface area contributed by atoms with Gasteiger partial charge in [-0.05, 0) is 25.0 Å². The van der Waals surface area contributed by atoms with Crippen molar-refractivity contribution < 1.29 is 14.5 Å². The Kier molecular flexibility index (Phi) is 6.00. The monoisotopic (exact) mass is 251 g/mol. The van der Waals surface area contributed by atoms with Gasteiger partial charge in [0.1, 0.15) is 0 Å². The first kappa shape index (κ1) is 14.3. The van der Waals surface area contributed by atoms with Gasteiger partial charge < -0.3 is 4.74 Å². The van der Waals surface area contributed by atoms with Crippen LogP contribution in [0.5, 0.6) is 0 Å². The van der Waals surface area contributed by atoms with Gasteiger partial charge in [0.05, 0.1) is 4.92 Å². The van der Waals surface area contributed by atoms with Crippen molar-refractivity contribution >= 4 is 11.5 Å². The Bertz CT molecular complexity index is 400. The van der Waals surface area contributed by atoms with Crippen LogP contribution in [0.1, 0.15) is 36.0 Å². The summed E-state index contributed by atoms with van der Waals surface area (Å²) >= 11 is 0. The molecule has 0 heterocycles. The number of unbranched alkanes of at least 4 members (excludes halogenated alkanes) is 2. The molecular formula is C13H17NO4. The minimum Gasteiger partial charge on any atom is -0.385 e. The maximum Gasteiger partial charge on any atom is 0.269 e. The van der Waals surface area contributed by atoms with Crippen LogP contribution in [0.3, 0.4) is 0 Å². The highest BCUT2D eigenvalue weighted by atomic mass is 16.6. The van der Waals surface area contributed by atoms with Gasteiger partial charge >= 0.3 is 0 Å². The van der Waals surface area contributed by atoms with Crippen molar-refractivity contribution in [2.45, 2.75) is 25.7 Å². The van der Waals surface area contributed by atoms with Gasteiger partial charge in [0, 0.05) is 37.8 Å². The van der Waals surface area contributed by atoms with Crippen LogP contribution in [-0.2, 0) is 4.74 Å². The van der Waals surface area contributed by atoms with E-state index in [-0.39, 0.29) is 11.5 Å². The Hall–Kier alpha value is -1.75. The third kappa shape index (κ3) is 4.63. The zero-order valence-corrected chi connectivity index (χ0v) is 10.4. The van der Waals surface area contributed by atoms with E-state index in [2.05, 4.69) is 0 Å².